The van der Waals surface area contributed by atoms with Crippen LogP contribution in [0.15, 0.2) is 0 Å². The fraction of sp³-hybridized carbons (Fsp3) is 1.00. The Labute approximate surface area is 93.0 Å². The summed E-state index contributed by atoms with van der Waals surface area (Å²) in [5.41, 5.74) is 0. The Hall–Kier alpha value is -0.0800. The van der Waals surface area contributed by atoms with Crippen molar-refractivity contribution in [3.05, 3.63) is 0 Å². The molecule has 4 unspecified atom stereocenters. The van der Waals surface area contributed by atoms with Crippen molar-refractivity contribution in [1.82, 2.24) is 0 Å². The minimum Gasteiger partial charge on any atom is -0.396 e. The first kappa shape index (κ1) is 11.4. The third-order valence-corrected chi connectivity index (χ3v) is 3.85. The van der Waals surface area contributed by atoms with Gasteiger partial charge in [-0.1, -0.05) is 39.0 Å². The van der Waals surface area contributed by atoms with Crippen LogP contribution in [-0.4, -0.2) is 23.9 Å². The Morgan fingerprint density at radius 3 is 2.67 bits per heavy atom. The van der Waals surface area contributed by atoms with Crippen molar-refractivity contribution in [3.63, 3.8) is 0 Å². The lowest BCUT2D eigenvalue weighted by molar-refractivity contribution is 0.259. The Bertz CT molecular complexity index is 193. The van der Waals surface area contributed by atoms with Crippen molar-refractivity contribution in [1.29, 1.82) is 0 Å². The van der Waals surface area contributed by atoms with Gasteiger partial charge in [-0.2, -0.15) is 0 Å². The Morgan fingerprint density at radius 1 is 1.20 bits per heavy atom. The highest BCUT2D eigenvalue weighted by atomic mass is 16.6. The van der Waals surface area contributed by atoms with Gasteiger partial charge in [-0.25, -0.2) is 0 Å². The largest absolute Gasteiger partial charge is 0.396 e. The second kappa shape index (κ2) is 5.31. The van der Waals surface area contributed by atoms with E-state index in [1.165, 1.54) is 44.9 Å². The standard InChI is InChI=1S/C13H24O2/c1-2-3-4-5-6-7-12-13(15-12)11-8-10(11)9-14/h10-14H,2-9H2,1H3. The summed E-state index contributed by atoms with van der Waals surface area (Å²) >= 11 is 0. The third-order valence-electron chi connectivity index (χ3n) is 3.85. The normalized spacial score (nSPS) is 38.0. The van der Waals surface area contributed by atoms with Crippen molar-refractivity contribution in [2.24, 2.45) is 11.8 Å². The van der Waals surface area contributed by atoms with Crippen LogP contribution in [0.1, 0.15) is 51.9 Å². The summed E-state index contributed by atoms with van der Waals surface area (Å²) in [6.45, 7) is 2.62. The van der Waals surface area contributed by atoms with Crippen molar-refractivity contribution in [2.45, 2.75) is 64.1 Å². The molecule has 15 heavy (non-hydrogen) atoms. The maximum absolute atomic E-state index is 8.96. The second-order valence-corrected chi connectivity index (χ2v) is 5.18. The first-order valence-electron chi connectivity index (χ1n) is 6.63. The number of hydrogen-bond donors (Lipinski definition) is 1. The van der Waals surface area contributed by atoms with Crippen LogP contribution >= 0.6 is 0 Å². The SMILES string of the molecule is CCCCCCCC1OC1C1CC1CO. The molecule has 1 saturated heterocycles. The van der Waals surface area contributed by atoms with Crippen molar-refractivity contribution in [2.75, 3.05) is 6.61 Å². The maximum atomic E-state index is 8.96. The molecular formula is C13H24O2. The molecule has 1 aliphatic carbocycles. The summed E-state index contributed by atoms with van der Waals surface area (Å²) in [6.07, 6.45) is 10.3. The van der Waals surface area contributed by atoms with E-state index in [0.717, 1.165) is 0 Å². The second-order valence-electron chi connectivity index (χ2n) is 5.18. The molecule has 0 spiro atoms. The number of rotatable bonds is 8. The maximum Gasteiger partial charge on any atom is 0.0873 e. The minimum atomic E-state index is 0.369. The van der Waals surface area contributed by atoms with Gasteiger partial charge >= 0.3 is 0 Å². The highest BCUT2D eigenvalue weighted by Gasteiger charge is 2.54. The average molecular weight is 212 g/mol. The zero-order valence-corrected chi connectivity index (χ0v) is 9.82. The molecule has 0 aromatic heterocycles. The van der Waals surface area contributed by atoms with Crippen LogP contribution in [0.4, 0.5) is 0 Å². The molecule has 2 rings (SSSR count). The topological polar surface area (TPSA) is 32.8 Å². The molecule has 0 radical (unpaired) electrons. The summed E-state index contributed by atoms with van der Waals surface area (Å²) in [7, 11) is 0. The summed E-state index contributed by atoms with van der Waals surface area (Å²) in [6, 6.07) is 0. The van der Waals surface area contributed by atoms with Crippen LogP contribution in [0, 0.1) is 11.8 Å². The lowest BCUT2D eigenvalue weighted by Gasteiger charge is -1.97. The molecule has 1 saturated carbocycles. The molecular weight excluding hydrogens is 188 g/mol. The summed E-state index contributed by atoms with van der Waals surface area (Å²) in [4.78, 5) is 0. The highest BCUT2D eigenvalue weighted by molar-refractivity contribution is 5.01. The summed E-state index contributed by atoms with van der Waals surface area (Å²) in [5, 5.41) is 8.96. The number of epoxide rings is 1. The average Bonchev–Trinajstić information content (AvgIpc) is 3.11. The van der Waals surface area contributed by atoms with Gasteiger partial charge in [0.2, 0.25) is 0 Å². The highest BCUT2D eigenvalue weighted by Crippen LogP contribution is 2.50. The van der Waals surface area contributed by atoms with Gasteiger partial charge in [0, 0.05) is 6.61 Å². The Kier molecular flexibility index (Phi) is 4.04. The molecule has 1 N–H and O–H groups in total. The fourth-order valence-corrected chi connectivity index (χ4v) is 2.60. The summed E-state index contributed by atoms with van der Waals surface area (Å²) < 4.78 is 5.67. The predicted octanol–water partition coefficient (Wildman–Crippen LogP) is 2.74. The van der Waals surface area contributed by atoms with Crippen LogP contribution in [0.5, 0.6) is 0 Å². The summed E-state index contributed by atoms with van der Waals surface area (Å²) in [5.74, 6) is 1.27. The first-order valence-corrected chi connectivity index (χ1v) is 6.63. The predicted molar refractivity (Wildman–Crippen MR) is 60.7 cm³/mol. The number of aliphatic hydroxyl groups is 1. The van der Waals surface area contributed by atoms with Gasteiger partial charge in [0.1, 0.15) is 0 Å². The van der Waals surface area contributed by atoms with Crippen LogP contribution in [0.2, 0.25) is 0 Å². The van der Waals surface area contributed by atoms with E-state index >= 15 is 0 Å². The van der Waals surface area contributed by atoms with Crippen LogP contribution < -0.4 is 0 Å². The number of unbranched alkanes of at least 4 members (excludes halogenated alkanes) is 4. The van der Waals surface area contributed by atoms with E-state index in [4.69, 9.17) is 9.84 Å². The van der Waals surface area contributed by atoms with E-state index in [0.29, 0.717) is 30.7 Å². The Balaban J connectivity index is 1.46. The van der Waals surface area contributed by atoms with Gasteiger partial charge in [-0.05, 0) is 24.7 Å². The lowest BCUT2D eigenvalue weighted by Crippen LogP contribution is -2.00. The molecule has 0 aromatic rings. The smallest absolute Gasteiger partial charge is 0.0873 e. The van der Waals surface area contributed by atoms with Gasteiger partial charge in [0.15, 0.2) is 0 Å². The van der Waals surface area contributed by atoms with Crippen LogP contribution in [0.3, 0.4) is 0 Å². The minimum absolute atomic E-state index is 0.369. The van der Waals surface area contributed by atoms with E-state index in [1.54, 1.807) is 0 Å². The number of aliphatic hydroxyl groups excluding tert-OH is 1. The molecule has 1 heterocycles. The number of hydrogen-bond acceptors (Lipinski definition) is 2. The van der Waals surface area contributed by atoms with E-state index < -0.39 is 0 Å². The van der Waals surface area contributed by atoms with E-state index in [2.05, 4.69) is 6.92 Å². The zero-order chi connectivity index (χ0) is 10.7. The van der Waals surface area contributed by atoms with Crippen molar-refractivity contribution >= 4 is 0 Å². The van der Waals surface area contributed by atoms with Gasteiger partial charge in [0.05, 0.1) is 12.2 Å². The lowest BCUT2D eigenvalue weighted by atomic mass is 10.1. The molecule has 2 aliphatic rings. The van der Waals surface area contributed by atoms with Gasteiger partial charge in [-0.3, -0.25) is 0 Å². The Morgan fingerprint density at radius 2 is 2.00 bits per heavy atom. The van der Waals surface area contributed by atoms with E-state index in [-0.39, 0.29) is 0 Å². The van der Waals surface area contributed by atoms with E-state index in [1.807, 2.05) is 0 Å². The monoisotopic (exact) mass is 212 g/mol. The molecule has 4 atom stereocenters. The van der Waals surface area contributed by atoms with Gasteiger partial charge in [-0.15, -0.1) is 0 Å². The molecule has 0 aromatic carbocycles. The van der Waals surface area contributed by atoms with Crippen LogP contribution in [-0.2, 0) is 4.74 Å². The first-order chi connectivity index (χ1) is 7.36. The molecule has 0 amide bonds. The quantitative estimate of drug-likeness (QED) is 0.495. The van der Waals surface area contributed by atoms with Gasteiger partial charge < -0.3 is 9.84 Å². The molecule has 2 fully saturated rings. The molecule has 2 nitrogen and oxygen atoms in total. The van der Waals surface area contributed by atoms with Gasteiger partial charge in [0.25, 0.3) is 0 Å². The molecule has 2 heteroatoms. The third kappa shape index (κ3) is 3.18. The van der Waals surface area contributed by atoms with Crippen molar-refractivity contribution in [3.8, 4) is 0 Å². The van der Waals surface area contributed by atoms with E-state index in [9.17, 15) is 0 Å². The molecule has 88 valence electrons. The zero-order valence-electron chi connectivity index (χ0n) is 9.82. The molecule has 1 aliphatic heterocycles. The number of ether oxygens (including phenoxy) is 1. The molecule has 0 bridgehead atoms. The van der Waals surface area contributed by atoms with Crippen molar-refractivity contribution < 1.29 is 9.84 Å². The van der Waals surface area contributed by atoms with Crippen LogP contribution in [0.25, 0.3) is 0 Å². The fourth-order valence-electron chi connectivity index (χ4n) is 2.60.